The van der Waals surface area contributed by atoms with E-state index in [2.05, 4.69) is 6.58 Å². The number of carboxylic acid groups (broad SMARTS) is 1. The molecule has 0 aromatic heterocycles. The van der Waals surface area contributed by atoms with Gasteiger partial charge in [-0.1, -0.05) is 6.58 Å². The molecule has 0 atom stereocenters. The number of nitrogens with zero attached hydrogens (tertiary/aromatic N) is 1. The molecule has 0 spiro atoms. The van der Waals surface area contributed by atoms with E-state index in [0.717, 1.165) is 4.90 Å². The van der Waals surface area contributed by atoms with Crippen molar-refractivity contribution >= 4 is 11.9 Å². The minimum Gasteiger partial charge on any atom is -0.478 e. The smallest absolute Gasteiger partial charge is 0.332 e. The molecule has 0 radical (unpaired) electrons. The lowest BCUT2D eigenvalue weighted by atomic mass is 10.3. The molecule has 0 aliphatic carbocycles. The Hall–Kier alpha value is -1.62. The van der Waals surface area contributed by atoms with Gasteiger partial charge in [0, 0.05) is 18.9 Å². The molecule has 1 N–H and O–H groups in total. The van der Waals surface area contributed by atoms with Crippen molar-refractivity contribution in [2.45, 2.75) is 13.8 Å². The summed E-state index contributed by atoms with van der Waals surface area (Å²) in [6.45, 7) is 6.43. The van der Waals surface area contributed by atoms with E-state index in [1.165, 1.54) is 20.2 Å². The third kappa shape index (κ3) is 4.42. The van der Waals surface area contributed by atoms with Gasteiger partial charge in [-0.2, -0.15) is 0 Å². The Balaban J connectivity index is 4.82. The summed E-state index contributed by atoms with van der Waals surface area (Å²) < 4.78 is 4.78. The van der Waals surface area contributed by atoms with Crippen LogP contribution in [-0.4, -0.2) is 35.7 Å². The number of hydrogen-bond acceptors (Lipinski definition) is 3. The van der Waals surface area contributed by atoms with E-state index >= 15 is 0 Å². The monoisotopic (exact) mass is 213 g/mol. The van der Waals surface area contributed by atoms with Crippen LogP contribution in [0.2, 0.25) is 0 Å². The number of amides is 1. The second-order valence-electron chi connectivity index (χ2n) is 3.09. The van der Waals surface area contributed by atoms with Gasteiger partial charge in [-0.3, -0.25) is 9.69 Å². The van der Waals surface area contributed by atoms with E-state index in [1.807, 2.05) is 0 Å². The molecule has 0 aliphatic rings. The molecular weight excluding hydrogens is 198 g/mol. The lowest BCUT2D eigenvalue weighted by molar-refractivity contribution is -0.132. The zero-order valence-corrected chi connectivity index (χ0v) is 9.11. The molecule has 84 valence electrons. The van der Waals surface area contributed by atoms with Crippen molar-refractivity contribution in [2.75, 3.05) is 13.8 Å². The molecule has 1 amide bonds. The number of methoxy groups -OCH3 is 1. The first-order valence-electron chi connectivity index (χ1n) is 4.27. The molecule has 0 saturated carbocycles. The minimum absolute atomic E-state index is 0.00366. The van der Waals surface area contributed by atoms with E-state index in [9.17, 15) is 9.59 Å². The number of carbonyl (C=O) groups excluding carboxylic acids is 1. The van der Waals surface area contributed by atoms with Crippen LogP contribution in [-0.2, 0) is 14.3 Å². The van der Waals surface area contributed by atoms with Crippen LogP contribution in [0.15, 0.2) is 23.9 Å². The van der Waals surface area contributed by atoms with E-state index in [1.54, 1.807) is 6.92 Å². The Morgan fingerprint density at radius 3 is 2.33 bits per heavy atom. The highest BCUT2D eigenvalue weighted by molar-refractivity contribution is 5.94. The summed E-state index contributed by atoms with van der Waals surface area (Å²) in [4.78, 5) is 23.2. The summed E-state index contributed by atoms with van der Waals surface area (Å²) in [5, 5.41) is 8.65. The molecule has 0 heterocycles. The topological polar surface area (TPSA) is 66.8 Å². The van der Waals surface area contributed by atoms with E-state index in [4.69, 9.17) is 9.84 Å². The molecule has 5 nitrogen and oxygen atoms in total. The molecule has 0 fully saturated rings. The van der Waals surface area contributed by atoms with Crippen molar-refractivity contribution in [2.24, 2.45) is 0 Å². The summed E-state index contributed by atoms with van der Waals surface area (Å²) in [5.74, 6) is -1.44. The van der Waals surface area contributed by atoms with Gasteiger partial charge in [-0.15, -0.1) is 0 Å². The lowest BCUT2D eigenvalue weighted by Crippen LogP contribution is -2.29. The van der Waals surface area contributed by atoms with Gasteiger partial charge in [0.15, 0.2) is 0 Å². The third-order valence-electron chi connectivity index (χ3n) is 1.58. The van der Waals surface area contributed by atoms with Crippen molar-refractivity contribution in [3.8, 4) is 0 Å². The van der Waals surface area contributed by atoms with Crippen molar-refractivity contribution in [1.29, 1.82) is 0 Å². The standard InChI is InChI=1S/C10H15NO4/c1-7(2)9(12)11(6-15-4)5-8(3)10(13)14/h5H,1,6H2,2-4H3,(H,13,14). The number of aliphatic carboxylic acids is 1. The van der Waals surface area contributed by atoms with Crippen molar-refractivity contribution < 1.29 is 19.4 Å². The predicted molar refractivity (Wildman–Crippen MR) is 54.9 cm³/mol. The quantitative estimate of drug-likeness (QED) is 0.546. The number of ether oxygens (including phenoxy) is 1. The second-order valence-corrected chi connectivity index (χ2v) is 3.09. The van der Waals surface area contributed by atoms with Gasteiger partial charge in [0.05, 0.1) is 5.57 Å². The van der Waals surface area contributed by atoms with E-state index < -0.39 is 5.97 Å². The van der Waals surface area contributed by atoms with Crippen LogP contribution in [0.1, 0.15) is 13.8 Å². The molecule has 0 bridgehead atoms. The van der Waals surface area contributed by atoms with E-state index in [0.29, 0.717) is 5.57 Å². The maximum absolute atomic E-state index is 11.5. The molecule has 5 heteroatoms. The molecule has 0 rings (SSSR count). The highest BCUT2D eigenvalue weighted by Crippen LogP contribution is 2.03. The third-order valence-corrected chi connectivity index (χ3v) is 1.58. The average Bonchev–Trinajstić information content (AvgIpc) is 2.15. The Morgan fingerprint density at radius 2 is 2.00 bits per heavy atom. The maximum atomic E-state index is 11.5. The Morgan fingerprint density at radius 1 is 1.47 bits per heavy atom. The van der Waals surface area contributed by atoms with Crippen LogP contribution in [0.4, 0.5) is 0 Å². The number of carbonyl (C=O) groups is 2. The van der Waals surface area contributed by atoms with Gasteiger partial charge >= 0.3 is 5.97 Å². The minimum atomic E-state index is -1.08. The van der Waals surface area contributed by atoms with Crippen molar-refractivity contribution in [1.82, 2.24) is 4.90 Å². The largest absolute Gasteiger partial charge is 0.478 e. The highest BCUT2D eigenvalue weighted by atomic mass is 16.5. The molecule has 0 aliphatic heterocycles. The summed E-state index contributed by atoms with van der Waals surface area (Å²) in [6.07, 6.45) is 1.23. The van der Waals surface area contributed by atoms with Gasteiger partial charge in [0.2, 0.25) is 0 Å². The van der Waals surface area contributed by atoms with Crippen LogP contribution in [0.25, 0.3) is 0 Å². The SMILES string of the molecule is C=C(C)C(=O)N(C=C(C)C(=O)O)COC. The van der Waals surface area contributed by atoms with Crippen LogP contribution < -0.4 is 0 Å². The van der Waals surface area contributed by atoms with Gasteiger partial charge < -0.3 is 9.84 Å². The van der Waals surface area contributed by atoms with E-state index in [-0.39, 0.29) is 18.2 Å². The summed E-state index contributed by atoms with van der Waals surface area (Å²) in [6, 6.07) is 0. The summed E-state index contributed by atoms with van der Waals surface area (Å²) >= 11 is 0. The molecule has 0 saturated heterocycles. The van der Waals surface area contributed by atoms with Gasteiger partial charge in [-0.25, -0.2) is 4.79 Å². The van der Waals surface area contributed by atoms with Crippen LogP contribution in [0, 0.1) is 0 Å². The number of carboxylic acids is 1. The first-order valence-corrected chi connectivity index (χ1v) is 4.27. The maximum Gasteiger partial charge on any atom is 0.332 e. The van der Waals surface area contributed by atoms with Crippen molar-refractivity contribution in [3.63, 3.8) is 0 Å². The number of hydrogen-bond donors (Lipinski definition) is 1. The lowest BCUT2D eigenvalue weighted by Gasteiger charge is -2.17. The zero-order valence-electron chi connectivity index (χ0n) is 9.11. The predicted octanol–water partition coefficient (Wildman–Crippen LogP) is 0.983. The Labute approximate surface area is 88.6 Å². The Kier molecular flexibility index (Phi) is 5.33. The molecular formula is C10H15NO4. The summed E-state index contributed by atoms with van der Waals surface area (Å²) in [5.41, 5.74) is 0.378. The first-order chi connectivity index (χ1) is 6.90. The summed E-state index contributed by atoms with van der Waals surface area (Å²) in [7, 11) is 1.42. The van der Waals surface area contributed by atoms with Gasteiger partial charge in [0.25, 0.3) is 5.91 Å². The van der Waals surface area contributed by atoms with Gasteiger partial charge in [0.1, 0.15) is 6.73 Å². The zero-order chi connectivity index (χ0) is 12.0. The van der Waals surface area contributed by atoms with Crippen LogP contribution >= 0.6 is 0 Å². The average molecular weight is 213 g/mol. The number of rotatable bonds is 5. The second kappa shape index (κ2) is 5.98. The molecule has 0 unspecified atom stereocenters. The fourth-order valence-corrected chi connectivity index (χ4v) is 0.828. The fraction of sp³-hybridized carbons (Fsp3) is 0.400. The molecule has 0 aromatic rings. The highest BCUT2D eigenvalue weighted by Gasteiger charge is 2.13. The normalized spacial score (nSPS) is 11.0. The fourth-order valence-electron chi connectivity index (χ4n) is 0.828. The Bertz CT molecular complexity index is 307. The molecule has 0 aromatic carbocycles. The van der Waals surface area contributed by atoms with Crippen LogP contribution in [0.5, 0.6) is 0 Å². The first kappa shape index (κ1) is 13.4. The van der Waals surface area contributed by atoms with Crippen LogP contribution in [0.3, 0.4) is 0 Å². The van der Waals surface area contributed by atoms with Gasteiger partial charge in [-0.05, 0) is 13.8 Å². The molecule has 15 heavy (non-hydrogen) atoms. The van der Waals surface area contributed by atoms with Crippen molar-refractivity contribution in [3.05, 3.63) is 23.9 Å².